The summed E-state index contributed by atoms with van der Waals surface area (Å²) in [5, 5.41) is 3.39. The van der Waals surface area contributed by atoms with Crippen LogP contribution in [0.2, 0.25) is 0 Å². The predicted octanol–water partition coefficient (Wildman–Crippen LogP) is 3.55. The average Bonchev–Trinajstić information content (AvgIpc) is 2.98. The zero-order chi connectivity index (χ0) is 15.1. The van der Waals surface area contributed by atoms with Crippen LogP contribution in [-0.2, 0) is 11.2 Å². The summed E-state index contributed by atoms with van der Waals surface area (Å²) < 4.78 is 31.9. The van der Waals surface area contributed by atoms with Crippen LogP contribution in [0.15, 0.2) is 18.2 Å². The number of nitrogens with one attached hydrogen (secondary N) is 1. The Hall–Kier alpha value is -1.00. The van der Waals surface area contributed by atoms with E-state index >= 15 is 0 Å². The Bertz CT molecular complexity index is 433. The lowest BCUT2D eigenvalue weighted by Gasteiger charge is -2.24. The van der Waals surface area contributed by atoms with Crippen LogP contribution in [0.3, 0.4) is 0 Å². The monoisotopic (exact) mass is 297 g/mol. The third-order valence-corrected chi connectivity index (χ3v) is 4.45. The van der Waals surface area contributed by atoms with Gasteiger partial charge in [0.2, 0.25) is 0 Å². The first kappa shape index (κ1) is 16.4. The third kappa shape index (κ3) is 5.04. The smallest absolute Gasteiger partial charge is 0.129 e. The summed E-state index contributed by atoms with van der Waals surface area (Å²) in [5.41, 5.74) is 0.627. The SMILES string of the molecule is COCCNCC(Cc1ccc(F)cc1F)C1CCCC1. The molecule has 0 aliphatic heterocycles. The van der Waals surface area contributed by atoms with Crippen LogP contribution in [-0.4, -0.2) is 26.8 Å². The van der Waals surface area contributed by atoms with Crippen LogP contribution in [0.5, 0.6) is 0 Å². The van der Waals surface area contributed by atoms with Crippen LogP contribution in [0, 0.1) is 23.5 Å². The summed E-state index contributed by atoms with van der Waals surface area (Å²) in [7, 11) is 1.68. The van der Waals surface area contributed by atoms with Crippen molar-refractivity contribution in [2.24, 2.45) is 11.8 Å². The Kier molecular flexibility index (Phi) is 6.58. The number of ether oxygens (including phenoxy) is 1. The Balaban J connectivity index is 1.96. The molecule has 0 amide bonds. The van der Waals surface area contributed by atoms with Crippen LogP contribution < -0.4 is 5.32 Å². The van der Waals surface area contributed by atoms with Crippen LogP contribution >= 0.6 is 0 Å². The molecule has 1 N–H and O–H groups in total. The molecule has 1 atom stereocenters. The number of halogens is 2. The molecular formula is C17H25F2NO. The van der Waals surface area contributed by atoms with Crippen molar-refractivity contribution in [2.45, 2.75) is 32.1 Å². The Morgan fingerprint density at radius 3 is 2.71 bits per heavy atom. The lowest BCUT2D eigenvalue weighted by Crippen LogP contribution is -2.31. The van der Waals surface area contributed by atoms with Gasteiger partial charge in [0.1, 0.15) is 11.6 Å². The largest absolute Gasteiger partial charge is 0.383 e. The Morgan fingerprint density at radius 2 is 2.05 bits per heavy atom. The first-order chi connectivity index (χ1) is 10.2. The summed E-state index contributed by atoms with van der Waals surface area (Å²) >= 11 is 0. The quantitative estimate of drug-likeness (QED) is 0.741. The number of benzene rings is 1. The maximum absolute atomic E-state index is 13.9. The molecule has 21 heavy (non-hydrogen) atoms. The van der Waals surface area contributed by atoms with Gasteiger partial charge in [0.25, 0.3) is 0 Å². The van der Waals surface area contributed by atoms with Crippen molar-refractivity contribution < 1.29 is 13.5 Å². The molecule has 0 aromatic heterocycles. The van der Waals surface area contributed by atoms with Gasteiger partial charge in [-0.1, -0.05) is 31.7 Å². The highest BCUT2D eigenvalue weighted by Crippen LogP contribution is 2.33. The molecule has 2 nitrogen and oxygen atoms in total. The van der Waals surface area contributed by atoms with Gasteiger partial charge in [-0.2, -0.15) is 0 Å². The molecule has 0 heterocycles. The molecule has 1 aromatic rings. The van der Waals surface area contributed by atoms with E-state index in [1.165, 1.54) is 31.7 Å². The van der Waals surface area contributed by atoms with E-state index in [4.69, 9.17) is 4.74 Å². The number of methoxy groups -OCH3 is 1. The maximum Gasteiger partial charge on any atom is 0.129 e. The molecule has 1 fully saturated rings. The van der Waals surface area contributed by atoms with Gasteiger partial charge in [-0.3, -0.25) is 0 Å². The van der Waals surface area contributed by atoms with E-state index < -0.39 is 11.6 Å². The Labute approximate surface area is 125 Å². The molecule has 1 aromatic carbocycles. The molecular weight excluding hydrogens is 272 g/mol. The normalized spacial score (nSPS) is 17.3. The van der Waals surface area contributed by atoms with Gasteiger partial charge in [0, 0.05) is 19.7 Å². The van der Waals surface area contributed by atoms with Gasteiger partial charge in [0.15, 0.2) is 0 Å². The molecule has 1 saturated carbocycles. The average molecular weight is 297 g/mol. The summed E-state index contributed by atoms with van der Waals surface area (Å²) in [6.45, 7) is 2.36. The summed E-state index contributed by atoms with van der Waals surface area (Å²) in [6.07, 6.45) is 5.66. The lowest BCUT2D eigenvalue weighted by atomic mass is 9.85. The highest BCUT2D eigenvalue weighted by Gasteiger charge is 2.25. The molecule has 1 unspecified atom stereocenters. The minimum absolute atomic E-state index is 0.407. The second-order valence-corrected chi connectivity index (χ2v) is 5.94. The van der Waals surface area contributed by atoms with Crippen molar-refractivity contribution in [2.75, 3.05) is 26.8 Å². The summed E-state index contributed by atoms with van der Waals surface area (Å²) in [4.78, 5) is 0. The molecule has 4 heteroatoms. The van der Waals surface area contributed by atoms with Gasteiger partial charge >= 0.3 is 0 Å². The summed E-state index contributed by atoms with van der Waals surface area (Å²) in [6, 6.07) is 3.92. The van der Waals surface area contributed by atoms with Crippen molar-refractivity contribution in [3.63, 3.8) is 0 Å². The van der Waals surface area contributed by atoms with E-state index in [2.05, 4.69) is 5.32 Å². The third-order valence-electron chi connectivity index (χ3n) is 4.45. The van der Waals surface area contributed by atoms with Crippen molar-refractivity contribution >= 4 is 0 Å². The molecule has 0 bridgehead atoms. The number of hydrogen-bond acceptors (Lipinski definition) is 2. The molecule has 1 aliphatic carbocycles. The summed E-state index contributed by atoms with van der Waals surface area (Å²) in [5.74, 6) is 0.121. The van der Waals surface area contributed by atoms with E-state index in [9.17, 15) is 8.78 Å². The van der Waals surface area contributed by atoms with Crippen molar-refractivity contribution in [3.8, 4) is 0 Å². The van der Waals surface area contributed by atoms with Crippen LogP contribution in [0.4, 0.5) is 8.78 Å². The van der Waals surface area contributed by atoms with E-state index in [0.717, 1.165) is 19.2 Å². The molecule has 118 valence electrons. The van der Waals surface area contributed by atoms with E-state index in [0.29, 0.717) is 30.4 Å². The van der Waals surface area contributed by atoms with E-state index in [1.54, 1.807) is 13.2 Å². The van der Waals surface area contributed by atoms with Gasteiger partial charge in [-0.25, -0.2) is 8.78 Å². The van der Waals surface area contributed by atoms with Gasteiger partial charge in [0.05, 0.1) is 6.61 Å². The van der Waals surface area contributed by atoms with Gasteiger partial charge < -0.3 is 10.1 Å². The molecule has 1 aliphatic rings. The van der Waals surface area contributed by atoms with E-state index in [-0.39, 0.29) is 0 Å². The van der Waals surface area contributed by atoms with Crippen molar-refractivity contribution in [1.82, 2.24) is 5.32 Å². The number of hydrogen-bond donors (Lipinski definition) is 1. The molecule has 2 rings (SSSR count). The van der Waals surface area contributed by atoms with Crippen molar-refractivity contribution in [3.05, 3.63) is 35.4 Å². The highest BCUT2D eigenvalue weighted by atomic mass is 19.1. The fourth-order valence-corrected chi connectivity index (χ4v) is 3.27. The fourth-order valence-electron chi connectivity index (χ4n) is 3.27. The van der Waals surface area contributed by atoms with Crippen LogP contribution in [0.25, 0.3) is 0 Å². The molecule has 0 saturated heterocycles. The minimum Gasteiger partial charge on any atom is -0.383 e. The second-order valence-electron chi connectivity index (χ2n) is 5.94. The van der Waals surface area contributed by atoms with Crippen molar-refractivity contribution in [1.29, 1.82) is 0 Å². The minimum atomic E-state index is -0.508. The van der Waals surface area contributed by atoms with Crippen LogP contribution in [0.1, 0.15) is 31.2 Å². The first-order valence-electron chi connectivity index (χ1n) is 7.84. The lowest BCUT2D eigenvalue weighted by molar-refractivity contribution is 0.195. The molecule has 0 radical (unpaired) electrons. The second kappa shape index (κ2) is 8.44. The highest BCUT2D eigenvalue weighted by molar-refractivity contribution is 5.19. The standard InChI is InChI=1S/C17H25F2NO/c1-21-9-8-20-12-15(13-4-2-3-5-13)10-14-6-7-16(18)11-17(14)19/h6-7,11,13,15,20H,2-5,8-10,12H2,1H3. The zero-order valence-electron chi connectivity index (χ0n) is 12.7. The van der Waals surface area contributed by atoms with E-state index in [1.807, 2.05) is 0 Å². The zero-order valence-corrected chi connectivity index (χ0v) is 12.7. The number of rotatable bonds is 8. The van der Waals surface area contributed by atoms with Gasteiger partial charge in [-0.15, -0.1) is 0 Å². The topological polar surface area (TPSA) is 21.3 Å². The predicted molar refractivity (Wildman–Crippen MR) is 80.3 cm³/mol. The fraction of sp³-hybridized carbons (Fsp3) is 0.647. The molecule has 0 spiro atoms. The Morgan fingerprint density at radius 1 is 1.29 bits per heavy atom. The van der Waals surface area contributed by atoms with Gasteiger partial charge in [-0.05, 0) is 36.4 Å². The maximum atomic E-state index is 13.9. The first-order valence-corrected chi connectivity index (χ1v) is 7.84.